The summed E-state index contributed by atoms with van der Waals surface area (Å²) < 4.78 is 6.08. The molecule has 1 aliphatic rings. The van der Waals surface area contributed by atoms with Crippen molar-refractivity contribution in [1.82, 2.24) is 25.5 Å². The van der Waals surface area contributed by atoms with Gasteiger partial charge in [0.2, 0.25) is 5.91 Å². The lowest BCUT2D eigenvalue weighted by atomic mass is 9.87. The highest BCUT2D eigenvalue weighted by Gasteiger charge is 2.29. The van der Waals surface area contributed by atoms with Crippen molar-refractivity contribution in [2.24, 2.45) is 5.92 Å². The predicted octanol–water partition coefficient (Wildman–Crippen LogP) is 4.73. The van der Waals surface area contributed by atoms with E-state index in [0.717, 1.165) is 57.6 Å². The molecule has 172 valence electrons. The minimum absolute atomic E-state index is 0.00636. The van der Waals surface area contributed by atoms with Crippen LogP contribution in [0.1, 0.15) is 44.6 Å². The quantitative estimate of drug-likeness (QED) is 0.381. The summed E-state index contributed by atoms with van der Waals surface area (Å²) in [7, 11) is 0. The molecule has 3 heterocycles. The molecule has 0 aliphatic heterocycles. The zero-order valence-corrected chi connectivity index (χ0v) is 20.0. The lowest BCUT2D eigenvalue weighted by Gasteiger charge is -2.23. The van der Waals surface area contributed by atoms with E-state index < -0.39 is 0 Å². The first-order valence-electron chi connectivity index (χ1n) is 11.4. The third kappa shape index (κ3) is 4.25. The third-order valence-electron chi connectivity index (χ3n) is 5.80. The standard InChI is InChI=1S/C24H28N6O2S/c1-12(2)28-23(31)14-5-6-16-20(8-14)33-24-21(16)22(25-11-26-24)29-18-7-15-10-27-30-17(15)9-19(18)32-13(3)4/h7,9-14H,5-6,8H2,1-4H3,(H,27,30)(H,28,31)(H,25,26,29). The molecule has 0 fully saturated rings. The topological polar surface area (TPSA) is 105 Å². The van der Waals surface area contributed by atoms with E-state index in [0.29, 0.717) is 0 Å². The van der Waals surface area contributed by atoms with Crippen LogP contribution in [0.15, 0.2) is 24.7 Å². The van der Waals surface area contributed by atoms with E-state index in [-0.39, 0.29) is 24.0 Å². The van der Waals surface area contributed by atoms with Crippen molar-refractivity contribution in [2.45, 2.75) is 59.1 Å². The number of rotatable bonds is 6. The molecule has 0 bridgehead atoms. The van der Waals surface area contributed by atoms with Gasteiger partial charge in [-0.2, -0.15) is 5.10 Å². The van der Waals surface area contributed by atoms with Gasteiger partial charge in [0, 0.05) is 28.3 Å². The van der Waals surface area contributed by atoms with Crippen LogP contribution in [0.4, 0.5) is 11.5 Å². The number of nitrogens with one attached hydrogen (secondary N) is 3. The number of H-pyrrole nitrogens is 1. The van der Waals surface area contributed by atoms with E-state index in [1.54, 1.807) is 23.9 Å². The summed E-state index contributed by atoms with van der Waals surface area (Å²) in [6, 6.07) is 4.14. The molecular formula is C24H28N6O2S. The Hall–Kier alpha value is -3.20. The number of carbonyl (C=O) groups is 1. The maximum atomic E-state index is 12.6. The van der Waals surface area contributed by atoms with Gasteiger partial charge in [-0.25, -0.2) is 9.97 Å². The lowest BCUT2D eigenvalue weighted by Crippen LogP contribution is -2.37. The van der Waals surface area contributed by atoms with Gasteiger partial charge in [0.1, 0.15) is 22.7 Å². The van der Waals surface area contributed by atoms with E-state index >= 15 is 0 Å². The summed E-state index contributed by atoms with van der Waals surface area (Å²) >= 11 is 1.67. The number of carbonyl (C=O) groups excluding carboxylic acids is 1. The number of aromatic nitrogens is 4. The van der Waals surface area contributed by atoms with Crippen molar-refractivity contribution in [3.8, 4) is 5.75 Å². The van der Waals surface area contributed by atoms with Crippen LogP contribution >= 0.6 is 11.3 Å². The molecule has 1 atom stereocenters. The second kappa shape index (κ2) is 8.62. The summed E-state index contributed by atoms with van der Waals surface area (Å²) in [6.45, 7) is 8.00. The predicted molar refractivity (Wildman–Crippen MR) is 131 cm³/mol. The van der Waals surface area contributed by atoms with Crippen LogP contribution in [0.5, 0.6) is 5.75 Å². The molecule has 0 spiro atoms. The molecular weight excluding hydrogens is 436 g/mol. The number of hydrogen-bond donors (Lipinski definition) is 3. The van der Waals surface area contributed by atoms with E-state index in [1.165, 1.54) is 10.4 Å². The van der Waals surface area contributed by atoms with Crippen molar-refractivity contribution in [3.05, 3.63) is 35.1 Å². The summed E-state index contributed by atoms with van der Waals surface area (Å²) in [4.78, 5) is 23.9. The number of aryl methyl sites for hydroxylation is 1. The fourth-order valence-corrected chi connectivity index (χ4v) is 5.65. The first kappa shape index (κ1) is 21.6. The van der Waals surface area contributed by atoms with E-state index in [2.05, 4.69) is 30.8 Å². The number of ether oxygens (including phenoxy) is 1. The number of fused-ring (bicyclic) bond motifs is 4. The molecule has 0 saturated heterocycles. The molecule has 1 amide bonds. The fourth-order valence-electron chi connectivity index (χ4n) is 4.38. The molecule has 3 aromatic heterocycles. The largest absolute Gasteiger partial charge is 0.489 e. The van der Waals surface area contributed by atoms with E-state index in [9.17, 15) is 4.79 Å². The zero-order chi connectivity index (χ0) is 23.1. The highest BCUT2D eigenvalue weighted by atomic mass is 32.1. The average molecular weight is 465 g/mol. The Labute approximate surface area is 196 Å². The normalized spacial score (nSPS) is 15.9. The second-order valence-electron chi connectivity index (χ2n) is 9.11. The fraction of sp³-hybridized carbons (Fsp3) is 0.417. The maximum absolute atomic E-state index is 12.6. The minimum atomic E-state index is 0.00636. The Kier molecular flexibility index (Phi) is 5.65. The average Bonchev–Trinajstić information content (AvgIpc) is 3.36. The molecule has 33 heavy (non-hydrogen) atoms. The molecule has 8 nitrogen and oxygen atoms in total. The van der Waals surface area contributed by atoms with Crippen molar-refractivity contribution in [1.29, 1.82) is 0 Å². The summed E-state index contributed by atoms with van der Waals surface area (Å²) in [6.07, 6.45) is 5.83. The Morgan fingerprint density at radius 3 is 2.88 bits per heavy atom. The first-order valence-corrected chi connectivity index (χ1v) is 12.2. The van der Waals surface area contributed by atoms with Gasteiger partial charge in [-0.1, -0.05) is 0 Å². The van der Waals surface area contributed by atoms with E-state index in [1.807, 2.05) is 39.8 Å². The van der Waals surface area contributed by atoms with Gasteiger partial charge in [0.15, 0.2) is 0 Å². The lowest BCUT2D eigenvalue weighted by molar-refractivity contribution is -0.125. The van der Waals surface area contributed by atoms with Crippen molar-refractivity contribution in [2.75, 3.05) is 5.32 Å². The highest BCUT2D eigenvalue weighted by molar-refractivity contribution is 7.19. The Morgan fingerprint density at radius 1 is 1.24 bits per heavy atom. The number of amides is 1. The summed E-state index contributed by atoms with van der Waals surface area (Å²) in [5, 5.41) is 15.7. The van der Waals surface area contributed by atoms with Crippen molar-refractivity contribution >= 4 is 49.9 Å². The monoisotopic (exact) mass is 464 g/mol. The minimum Gasteiger partial charge on any atom is -0.489 e. The first-order chi connectivity index (χ1) is 15.9. The number of aromatic amines is 1. The molecule has 4 aromatic rings. The van der Waals surface area contributed by atoms with Crippen LogP contribution in [0, 0.1) is 5.92 Å². The van der Waals surface area contributed by atoms with Gasteiger partial charge >= 0.3 is 0 Å². The molecule has 5 rings (SSSR count). The van der Waals surface area contributed by atoms with Crippen LogP contribution in [0.3, 0.4) is 0 Å². The Balaban J connectivity index is 1.51. The zero-order valence-electron chi connectivity index (χ0n) is 19.2. The van der Waals surface area contributed by atoms with Crippen LogP contribution in [-0.4, -0.2) is 38.2 Å². The molecule has 1 aromatic carbocycles. The van der Waals surface area contributed by atoms with Crippen molar-refractivity contribution in [3.63, 3.8) is 0 Å². The number of nitrogens with zero attached hydrogens (tertiary/aromatic N) is 3. The van der Waals surface area contributed by atoms with Crippen molar-refractivity contribution < 1.29 is 9.53 Å². The molecule has 1 aliphatic carbocycles. The number of hydrogen-bond acceptors (Lipinski definition) is 7. The molecule has 3 N–H and O–H groups in total. The number of anilines is 2. The third-order valence-corrected chi connectivity index (χ3v) is 6.97. The Bertz CT molecular complexity index is 1330. The molecule has 1 unspecified atom stereocenters. The van der Waals surface area contributed by atoms with Gasteiger partial charge < -0.3 is 15.4 Å². The van der Waals surface area contributed by atoms with Gasteiger partial charge in [-0.15, -0.1) is 11.3 Å². The van der Waals surface area contributed by atoms with Gasteiger partial charge in [0.25, 0.3) is 0 Å². The maximum Gasteiger partial charge on any atom is 0.223 e. The van der Waals surface area contributed by atoms with Crippen LogP contribution in [0.25, 0.3) is 21.1 Å². The van der Waals surface area contributed by atoms with Crippen LogP contribution in [-0.2, 0) is 17.6 Å². The van der Waals surface area contributed by atoms with Crippen LogP contribution in [0.2, 0.25) is 0 Å². The van der Waals surface area contributed by atoms with Gasteiger partial charge in [0.05, 0.1) is 28.9 Å². The highest BCUT2D eigenvalue weighted by Crippen LogP contribution is 2.41. The smallest absolute Gasteiger partial charge is 0.223 e. The van der Waals surface area contributed by atoms with Crippen LogP contribution < -0.4 is 15.4 Å². The summed E-state index contributed by atoms with van der Waals surface area (Å²) in [5.74, 6) is 1.65. The van der Waals surface area contributed by atoms with Gasteiger partial charge in [-0.3, -0.25) is 9.89 Å². The van der Waals surface area contributed by atoms with E-state index in [4.69, 9.17) is 4.74 Å². The SMILES string of the molecule is CC(C)NC(=O)C1CCc2c(sc3ncnc(Nc4cc5cn[nH]c5cc4OC(C)C)c23)C1. The molecule has 0 radical (unpaired) electrons. The Morgan fingerprint density at radius 2 is 2.09 bits per heavy atom. The number of benzene rings is 1. The number of thiophene rings is 1. The molecule has 9 heteroatoms. The summed E-state index contributed by atoms with van der Waals surface area (Å²) in [5.41, 5.74) is 3.01. The van der Waals surface area contributed by atoms with Gasteiger partial charge in [-0.05, 0) is 58.6 Å². The molecule has 0 saturated carbocycles. The second-order valence-corrected chi connectivity index (χ2v) is 10.2.